The maximum absolute atomic E-state index is 12.9. The lowest BCUT2D eigenvalue weighted by atomic mass is 10.2. The Morgan fingerprint density at radius 3 is 2.38 bits per heavy atom. The van der Waals surface area contributed by atoms with Crippen molar-refractivity contribution in [3.05, 3.63) is 83.9 Å². The summed E-state index contributed by atoms with van der Waals surface area (Å²) in [5, 5.41) is 0. The molecule has 0 atom stereocenters. The number of benzene rings is 2. The molecule has 0 fully saturated rings. The van der Waals surface area contributed by atoms with E-state index in [1.165, 1.54) is 11.6 Å². The highest BCUT2D eigenvalue weighted by Gasteiger charge is 2.21. The predicted octanol–water partition coefficient (Wildman–Crippen LogP) is 3.80. The van der Waals surface area contributed by atoms with E-state index >= 15 is 0 Å². The second kappa shape index (κ2) is 7.64. The largest absolute Gasteiger partial charge is 0.425 e. The smallest absolute Gasteiger partial charge is 0.332 e. The molecule has 2 heterocycles. The van der Waals surface area contributed by atoms with E-state index in [1.54, 1.807) is 23.7 Å². The lowest BCUT2D eigenvalue weighted by Crippen LogP contribution is -2.37. The Kier molecular flexibility index (Phi) is 5.18. The standard InChI is InChI=1S/C20H16Br2N4O3/c1-24-17-16(18(27)25(2)20(24)28)26(11-12-4-3-5-14(22)10-12)19(23-17)29-15-8-6-13(21)7-9-15/h3-10H,11H2,1-2H3. The number of ether oxygens (including phenoxy) is 1. The van der Waals surface area contributed by atoms with Crippen LogP contribution in [0.15, 0.2) is 67.1 Å². The molecule has 9 heteroatoms. The predicted molar refractivity (Wildman–Crippen MR) is 118 cm³/mol. The molecule has 0 radical (unpaired) electrons. The van der Waals surface area contributed by atoms with Gasteiger partial charge in [0.05, 0.1) is 6.54 Å². The minimum atomic E-state index is -0.440. The zero-order chi connectivity index (χ0) is 20.7. The number of hydrogen-bond acceptors (Lipinski definition) is 4. The van der Waals surface area contributed by atoms with E-state index in [0.717, 1.165) is 19.1 Å². The third-order valence-corrected chi connectivity index (χ3v) is 5.59. The van der Waals surface area contributed by atoms with Crippen LogP contribution in [0.25, 0.3) is 11.2 Å². The third-order valence-electron chi connectivity index (χ3n) is 4.57. The summed E-state index contributed by atoms with van der Waals surface area (Å²) in [5.41, 5.74) is 0.679. The highest BCUT2D eigenvalue weighted by molar-refractivity contribution is 9.10. The second-order valence-electron chi connectivity index (χ2n) is 6.54. The number of rotatable bonds is 4. The summed E-state index contributed by atoms with van der Waals surface area (Å²) in [6, 6.07) is 15.3. The molecule has 0 N–H and O–H groups in total. The highest BCUT2D eigenvalue weighted by Crippen LogP contribution is 2.26. The van der Waals surface area contributed by atoms with Gasteiger partial charge in [-0.05, 0) is 42.0 Å². The number of hydrogen-bond donors (Lipinski definition) is 0. The zero-order valence-corrected chi connectivity index (χ0v) is 18.8. The Bertz CT molecular complexity index is 1340. The minimum Gasteiger partial charge on any atom is -0.425 e. The van der Waals surface area contributed by atoms with Gasteiger partial charge < -0.3 is 4.74 Å². The summed E-state index contributed by atoms with van der Waals surface area (Å²) in [6.45, 7) is 0.356. The van der Waals surface area contributed by atoms with Crippen LogP contribution < -0.4 is 16.0 Å². The van der Waals surface area contributed by atoms with Crippen molar-refractivity contribution in [3.8, 4) is 11.8 Å². The molecule has 0 saturated carbocycles. The summed E-state index contributed by atoms with van der Waals surface area (Å²) in [6.07, 6.45) is 0. The Labute approximate surface area is 182 Å². The number of aromatic nitrogens is 4. The van der Waals surface area contributed by atoms with Gasteiger partial charge >= 0.3 is 11.7 Å². The molecule has 0 bridgehead atoms. The maximum atomic E-state index is 12.9. The van der Waals surface area contributed by atoms with Crippen molar-refractivity contribution in [3.63, 3.8) is 0 Å². The molecular formula is C20H16Br2N4O3. The molecule has 2 aromatic heterocycles. The Morgan fingerprint density at radius 2 is 1.69 bits per heavy atom. The fourth-order valence-corrected chi connectivity index (χ4v) is 3.79. The van der Waals surface area contributed by atoms with Crippen molar-refractivity contribution in [2.75, 3.05) is 0 Å². The lowest BCUT2D eigenvalue weighted by Gasteiger charge is -2.10. The zero-order valence-electron chi connectivity index (χ0n) is 15.6. The summed E-state index contributed by atoms with van der Waals surface area (Å²) in [5.74, 6) is 0.570. The van der Waals surface area contributed by atoms with E-state index in [4.69, 9.17) is 4.74 Å². The first-order valence-electron chi connectivity index (χ1n) is 8.69. The van der Waals surface area contributed by atoms with Gasteiger partial charge in [0.2, 0.25) is 0 Å². The van der Waals surface area contributed by atoms with Crippen molar-refractivity contribution >= 4 is 43.0 Å². The molecule has 7 nitrogen and oxygen atoms in total. The number of imidazole rings is 1. The molecule has 29 heavy (non-hydrogen) atoms. The first kappa shape index (κ1) is 19.7. The molecule has 0 saturated heterocycles. The molecule has 0 unspecified atom stereocenters. The van der Waals surface area contributed by atoms with E-state index in [2.05, 4.69) is 36.8 Å². The van der Waals surface area contributed by atoms with Crippen LogP contribution in [0.2, 0.25) is 0 Å². The van der Waals surface area contributed by atoms with Crippen LogP contribution in [0.4, 0.5) is 0 Å². The van der Waals surface area contributed by atoms with E-state index in [0.29, 0.717) is 17.8 Å². The van der Waals surface area contributed by atoms with Crippen LogP contribution in [0, 0.1) is 0 Å². The van der Waals surface area contributed by atoms with Gasteiger partial charge in [0.25, 0.3) is 5.56 Å². The molecule has 4 rings (SSSR count). The van der Waals surface area contributed by atoms with Gasteiger partial charge in [-0.25, -0.2) is 4.79 Å². The number of nitrogens with zero attached hydrogens (tertiary/aromatic N) is 4. The monoisotopic (exact) mass is 518 g/mol. The van der Waals surface area contributed by atoms with Crippen molar-refractivity contribution in [1.82, 2.24) is 18.7 Å². The van der Waals surface area contributed by atoms with Gasteiger partial charge in [-0.2, -0.15) is 4.98 Å². The lowest BCUT2D eigenvalue weighted by molar-refractivity contribution is 0.421. The summed E-state index contributed by atoms with van der Waals surface area (Å²) in [4.78, 5) is 29.7. The summed E-state index contributed by atoms with van der Waals surface area (Å²) < 4.78 is 12.0. The highest BCUT2D eigenvalue weighted by atomic mass is 79.9. The topological polar surface area (TPSA) is 71.1 Å². The molecule has 0 aliphatic carbocycles. The first-order valence-corrected chi connectivity index (χ1v) is 10.3. The Balaban J connectivity index is 1.94. The van der Waals surface area contributed by atoms with E-state index in [9.17, 15) is 9.59 Å². The fourth-order valence-electron chi connectivity index (χ4n) is 3.08. The van der Waals surface area contributed by atoms with E-state index < -0.39 is 11.2 Å². The third kappa shape index (κ3) is 3.67. The normalized spacial score (nSPS) is 11.2. The summed E-state index contributed by atoms with van der Waals surface area (Å²) in [7, 11) is 3.04. The van der Waals surface area contributed by atoms with Gasteiger partial charge in [0, 0.05) is 23.0 Å². The average Bonchev–Trinajstić information content (AvgIpc) is 3.04. The Morgan fingerprint density at radius 1 is 0.966 bits per heavy atom. The van der Waals surface area contributed by atoms with Gasteiger partial charge in [-0.3, -0.25) is 18.5 Å². The minimum absolute atomic E-state index is 0.237. The molecule has 0 aliphatic heterocycles. The summed E-state index contributed by atoms with van der Waals surface area (Å²) >= 11 is 6.87. The van der Waals surface area contributed by atoms with Crippen LogP contribution in [-0.2, 0) is 20.6 Å². The quantitative estimate of drug-likeness (QED) is 0.411. The molecule has 0 aliphatic rings. The number of fused-ring (bicyclic) bond motifs is 1. The molecule has 0 amide bonds. The van der Waals surface area contributed by atoms with Gasteiger partial charge in [0.15, 0.2) is 11.2 Å². The van der Waals surface area contributed by atoms with E-state index in [-0.39, 0.29) is 11.7 Å². The average molecular weight is 520 g/mol. The molecule has 2 aromatic carbocycles. The number of halogens is 2. The van der Waals surface area contributed by atoms with Crippen molar-refractivity contribution in [2.45, 2.75) is 6.54 Å². The second-order valence-corrected chi connectivity index (χ2v) is 8.38. The van der Waals surface area contributed by atoms with Crippen LogP contribution in [0.1, 0.15) is 5.56 Å². The van der Waals surface area contributed by atoms with Gasteiger partial charge in [0.1, 0.15) is 5.75 Å². The fraction of sp³-hybridized carbons (Fsp3) is 0.150. The first-order chi connectivity index (χ1) is 13.8. The van der Waals surface area contributed by atoms with Crippen LogP contribution in [-0.4, -0.2) is 18.7 Å². The van der Waals surface area contributed by atoms with Crippen LogP contribution >= 0.6 is 31.9 Å². The van der Waals surface area contributed by atoms with E-state index in [1.807, 2.05) is 36.4 Å². The maximum Gasteiger partial charge on any atom is 0.332 e. The molecular weight excluding hydrogens is 504 g/mol. The van der Waals surface area contributed by atoms with Crippen molar-refractivity contribution in [1.29, 1.82) is 0 Å². The molecule has 0 spiro atoms. The van der Waals surface area contributed by atoms with Crippen LogP contribution in [0.3, 0.4) is 0 Å². The SMILES string of the molecule is Cn1c(=O)c2c(nc(Oc3ccc(Br)cc3)n2Cc2cccc(Br)c2)n(C)c1=O. The van der Waals surface area contributed by atoms with Crippen molar-refractivity contribution < 1.29 is 4.74 Å². The van der Waals surface area contributed by atoms with Crippen molar-refractivity contribution in [2.24, 2.45) is 14.1 Å². The van der Waals surface area contributed by atoms with Gasteiger partial charge in [-0.15, -0.1) is 0 Å². The number of aryl methyl sites for hydroxylation is 1. The Hall–Kier alpha value is -2.65. The van der Waals surface area contributed by atoms with Crippen LogP contribution in [0.5, 0.6) is 11.8 Å². The molecule has 4 aromatic rings. The molecule has 148 valence electrons. The van der Waals surface area contributed by atoms with Gasteiger partial charge in [-0.1, -0.05) is 44.0 Å².